The third-order valence-corrected chi connectivity index (χ3v) is 4.58. The summed E-state index contributed by atoms with van der Waals surface area (Å²) in [6.45, 7) is 3.39. The molecule has 0 saturated carbocycles. The monoisotopic (exact) mass is 348 g/mol. The third kappa shape index (κ3) is 4.33. The smallest absolute Gasteiger partial charge is 0.313 e. The molecule has 0 aliphatic carbocycles. The Balaban J connectivity index is 1.98. The van der Waals surface area contributed by atoms with Crippen LogP contribution in [0, 0.1) is 6.92 Å². The lowest BCUT2D eigenvalue weighted by Gasteiger charge is -2.22. The van der Waals surface area contributed by atoms with Crippen molar-refractivity contribution >= 4 is 28.8 Å². The number of carbonyl (C=O) groups excluding carboxylic acids is 2. The van der Waals surface area contributed by atoms with Gasteiger partial charge < -0.3 is 20.5 Å². The van der Waals surface area contributed by atoms with E-state index in [4.69, 9.17) is 4.74 Å². The first-order chi connectivity index (χ1) is 11.3. The fourth-order valence-electron chi connectivity index (χ4n) is 2.10. The summed E-state index contributed by atoms with van der Waals surface area (Å²) < 4.78 is 5.16. The van der Waals surface area contributed by atoms with E-state index >= 15 is 0 Å². The van der Waals surface area contributed by atoms with Crippen molar-refractivity contribution in [2.24, 2.45) is 0 Å². The van der Waals surface area contributed by atoms with E-state index in [-0.39, 0.29) is 6.54 Å². The average Bonchev–Trinajstić information content (AvgIpc) is 3.08. The molecule has 6 nitrogen and oxygen atoms in total. The summed E-state index contributed by atoms with van der Waals surface area (Å²) in [5.74, 6) is -1.18. The molecular weight excluding hydrogens is 328 g/mol. The van der Waals surface area contributed by atoms with Crippen LogP contribution in [0.3, 0.4) is 0 Å². The third-order valence-electron chi connectivity index (χ3n) is 3.45. The molecule has 0 saturated heterocycles. The number of methoxy groups -OCH3 is 1. The molecule has 2 amide bonds. The Bertz CT molecular complexity index is 726. The van der Waals surface area contributed by atoms with Crippen LogP contribution in [0.25, 0.3) is 0 Å². The van der Waals surface area contributed by atoms with Crippen LogP contribution in [-0.4, -0.2) is 30.6 Å². The standard InChI is InChI=1S/C17H20N2O4S/c1-11-6-7-13(23-3)12(9-11)19-16(21)15(20)18-10-17(2,22)14-5-4-8-24-14/h4-9,22H,10H2,1-3H3,(H,18,20)(H,19,21)/t17-/m0/s1. The number of hydrogen-bond acceptors (Lipinski definition) is 5. The van der Waals surface area contributed by atoms with Gasteiger partial charge in [0.15, 0.2) is 0 Å². The highest BCUT2D eigenvalue weighted by Gasteiger charge is 2.26. The summed E-state index contributed by atoms with van der Waals surface area (Å²) in [6, 6.07) is 8.85. The minimum atomic E-state index is -1.23. The number of carbonyl (C=O) groups is 2. The first-order valence-corrected chi connectivity index (χ1v) is 8.21. The van der Waals surface area contributed by atoms with E-state index in [0.717, 1.165) is 5.56 Å². The molecule has 7 heteroatoms. The van der Waals surface area contributed by atoms with Crippen LogP contribution < -0.4 is 15.4 Å². The van der Waals surface area contributed by atoms with Crippen molar-refractivity contribution in [3.05, 3.63) is 46.2 Å². The maximum Gasteiger partial charge on any atom is 0.313 e. The molecule has 0 spiro atoms. The molecule has 1 aromatic carbocycles. The molecule has 0 unspecified atom stereocenters. The van der Waals surface area contributed by atoms with Crippen LogP contribution in [0.15, 0.2) is 35.7 Å². The van der Waals surface area contributed by atoms with E-state index in [1.807, 2.05) is 24.4 Å². The maximum atomic E-state index is 12.0. The highest BCUT2D eigenvalue weighted by atomic mass is 32.1. The van der Waals surface area contributed by atoms with E-state index in [0.29, 0.717) is 16.3 Å². The van der Waals surface area contributed by atoms with E-state index in [2.05, 4.69) is 10.6 Å². The Morgan fingerprint density at radius 2 is 2.04 bits per heavy atom. The highest BCUT2D eigenvalue weighted by Crippen LogP contribution is 2.26. The second-order valence-electron chi connectivity index (χ2n) is 5.59. The van der Waals surface area contributed by atoms with Crippen molar-refractivity contribution in [2.75, 3.05) is 19.0 Å². The van der Waals surface area contributed by atoms with E-state index in [9.17, 15) is 14.7 Å². The summed E-state index contributed by atoms with van der Waals surface area (Å²) in [5.41, 5.74) is 0.111. The molecule has 128 valence electrons. The van der Waals surface area contributed by atoms with Crippen LogP contribution in [0.4, 0.5) is 5.69 Å². The summed E-state index contributed by atoms with van der Waals surface area (Å²) in [5, 5.41) is 17.2. The number of hydrogen-bond donors (Lipinski definition) is 3. The van der Waals surface area contributed by atoms with Gasteiger partial charge in [-0.05, 0) is 43.0 Å². The van der Waals surface area contributed by atoms with Crippen LogP contribution in [0.2, 0.25) is 0 Å². The molecule has 1 aromatic heterocycles. The first-order valence-electron chi connectivity index (χ1n) is 7.33. The Kier molecular flexibility index (Phi) is 5.58. The minimum Gasteiger partial charge on any atom is -0.495 e. The molecule has 0 aliphatic rings. The van der Waals surface area contributed by atoms with Gasteiger partial charge in [-0.15, -0.1) is 11.3 Å². The van der Waals surface area contributed by atoms with Gasteiger partial charge in [0, 0.05) is 4.88 Å². The zero-order valence-electron chi connectivity index (χ0n) is 13.8. The number of rotatable bonds is 5. The summed E-state index contributed by atoms with van der Waals surface area (Å²) >= 11 is 1.38. The second-order valence-corrected chi connectivity index (χ2v) is 6.54. The van der Waals surface area contributed by atoms with Crippen molar-refractivity contribution < 1.29 is 19.4 Å². The van der Waals surface area contributed by atoms with Gasteiger partial charge in [0.2, 0.25) is 0 Å². The van der Waals surface area contributed by atoms with Crippen LogP contribution in [0.1, 0.15) is 17.4 Å². The number of thiophene rings is 1. The first kappa shape index (κ1) is 18.0. The molecule has 2 aromatic rings. The lowest BCUT2D eigenvalue weighted by atomic mass is 10.1. The molecule has 2 rings (SSSR count). The van der Waals surface area contributed by atoms with Gasteiger partial charge in [0.25, 0.3) is 0 Å². The van der Waals surface area contributed by atoms with Crippen molar-refractivity contribution in [1.82, 2.24) is 5.32 Å². The molecule has 3 N–H and O–H groups in total. The molecule has 0 fully saturated rings. The number of nitrogens with one attached hydrogen (secondary N) is 2. The fourth-order valence-corrected chi connectivity index (χ4v) is 2.89. The predicted molar refractivity (Wildman–Crippen MR) is 93.3 cm³/mol. The van der Waals surface area contributed by atoms with Gasteiger partial charge in [-0.2, -0.15) is 0 Å². The van der Waals surface area contributed by atoms with Crippen molar-refractivity contribution in [2.45, 2.75) is 19.4 Å². The van der Waals surface area contributed by atoms with E-state index < -0.39 is 17.4 Å². The maximum absolute atomic E-state index is 12.0. The zero-order valence-corrected chi connectivity index (χ0v) is 14.6. The summed E-state index contributed by atoms with van der Waals surface area (Å²) in [7, 11) is 1.48. The topological polar surface area (TPSA) is 87.7 Å². The van der Waals surface area contributed by atoms with Gasteiger partial charge in [-0.25, -0.2) is 0 Å². The van der Waals surface area contributed by atoms with Crippen LogP contribution >= 0.6 is 11.3 Å². The lowest BCUT2D eigenvalue weighted by molar-refractivity contribution is -0.136. The van der Waals surface area contributed by atoms with Crippen LogP contribution in [0.5, 0.6) is 5.75 Å². The number of benzene rings is 1. The molecule has 1 atom stereocenters. The summed E-state index contributed by atoms with van der Waals surface area (Å²) in [4.78, 5) is 24.7. The SMILES string of the molecule is COc1ccc(C)cc1NC(=O)C(=O)NC[C@](C)(O)c1cccs1. The Morgan fingerprint density at radius 1 is 1.29 bits per heavy atom. The second kappa shape index (κ2) is 7.46. The minimum absolute atomic E-state index is 0.0648. The van der Waals surface area contributed by atoms with Crippen LogP contribution in [-0.2, 0) is 15.2 Å². The molecule has 0 aliphatic heterocycles. The summed E-state index contributed by atoms with van der Waals surface area (Å²) in [6.07, 6.45) is 0. The van der Waals surface area contributed by atoms with Crippen molar-refractivity contribution in [3.63, 3.8) is 0 Å². The van der Waals surface area contributed by atoms with Crippen molar-refractivity contribution in [3.8, 4) is 5.75 Å². The fraction of sp³-hybridized carbons (Fsp3) is 0.294. The Morgan fingerprint density at radius 3 is 2.67 bits per heavy atom. The predicted octanol–water partition coefficient (Wildman–Crippen LogP) is 2.03. The highest BCUT2D eigenvalue weighted by molar-refractivity contribution is 7.10. The normalized spacial score (nSPS) is 13.0. The molecule has 1 heterocycles. The lowest BCUT2D eigenvalue weighted by Crippen LogP contribution is -2.43. The van der Waals surface area contributed by atoms with Gasteiger partial charge in [-0.3, -0.25) is 9.59 Å². The molecule has 24 heavy (non-hydrogen) atoms. The Hall–Kier alpha value is -2.38. The molecular formula is C17H20N2O4S. The number of amides is 2. The number of aryl methyl sites for hydroxylation is 1. The largest absolute Gasteiger partial charge is 0.495 e. The van der Waals surface area contributed by atoms with Gasteiger partial charge in [0.05, 0.1) is 19.3 Å². The van der Waals surface area contributed by atoms with Crippen molar-refractivity contribution in [1.29, 1.82) is 0 Å². The number of aliphatic hydroxyl groups is 1. The van der Waals surface area contributed by atoms with E-state index in [1.54, 1.807) is 25.1 Å². The number of ether oxygens (including phenoxy) is 1. The number of anilines is 1. The molecule has 0 bridgehead atoms. The van der Waals surface area contributed by atoms with Gasteiger partial charge >= 0.3 is 11.8 Å². The average molecular weight is 348 g/mol. The Labute approximate surface area is 144 Å². The molecule has 0 radical (unpaired) electrons. The zero-order chi connectivity index (χ0) is 17.7. The van der Waals surface area contributed by atoms with Gasteiger partial charge in [0.1, 0.15) is 11.4 Å². The van der Waals surface area contributed by atoms with E-state index in [1.165, 1.54) is 18.4 Å². The van der Waals surface area contributed by atoms with Gasteiger partial charge in [-0.1, -0.05) is 12.1 Å². The quantitative estimate of drug-likeness (QED) is 0.722.